The molecule has 1 heterocycles. The highest BCUT2D eigenvalue weighted by atomic mass is 16.5. The number of rotatable bonds is 6. The number of ether oxygens (including phenoxy) is 1. The molecule has 5 nitrogen and oxygen atoms in total. The quantitative estimate of drug-likeness (QED) is 0.875. The maximum absolute atomic E-state index is 5.38. The Kier molecular flexibility index (Phi) is 4.76. The molecule has 0 aliphatic heterocycles. The predicted octanol–water partition coefficient (Wildman–Crippen LogP) is 3.08. The Morgan fingerprint density at radius 2 is 2.05 bits per heavy atom. The summed E-state index contributed by atoms with van der Waals surface area (Å²) in [7, 11) is 3.63. The molecule has 0 aliphatic rings. The molecular weight excluding hydrogens is 252 g/mol. The molecule has 0 spiro atoms. The van der Waals surface area contributed by atoms with E-state index in [1.165, 1.54) is 0 Å². The van der Waals surface area contributed by atoms with Gasteiger partial charge in [-0.1, -0.05) is 19.1 Å². The smallest absolute Gasteiger partial charge is 0.142 e. The number of para-hydroxylation sites is 2. The van der Waals surface area contributed by atoms with E-state index in [4.69, 9.17) is 4.74 Å². The molecule has 0 amide bonds. The third-order valence-electron chi connectivity index (χ3n) is 3.00. The summed E-state index contributed by atoms with van der Waals surface area (Å²) in [6.07, 6.45) is 2.63. The van der Waals surface area contributed by atoms with E-state index in [1.54, 1.807) is 13.4 Å². The first-order valence-corrected chi connectivity index (χ1v) is 6.69. The summed E-state index contributed by atoms with van der Waals surface area (Å²) in [5, 5.41) is 3.26. The summed E-state index contributed by atoms with van der Waals surface area (Å²) in [5.74, 6) is 2.47. The molecule has 0 atom stereocenters. The summed E-state index contributed by atoms with van der Waals surface area (Å²) in [6.45, 7) is 3.02. The molecule has 0 fully saturated rings. The predicted molar refractivity (Wildman–Crippen MR) is 81.9 cm³/mol. The molecule has 1 aromatic heterocycles. The summed E-state index contributed by atoms with van der Waals surface area (Å²) in [4.78, 5) is 10.5. The molecule has 0 aliphatic carbocycles. The van der Waals surface area contributed by atoms with Gasteiger partial charge in [0.1, 0.15) is 23.7 Å². The lowest BCUT2D eigenvalue weighted by molar-refractivity contribution is 0.415. The minimum absolute atomic E-state index is 0.816. The Balaban J connectivity index is 2.26. The van der Waals surface area contributed by atoms with Gasteiger partial charge in [0, 0.05) is 19.7 Å². The van der Waals surface area contributed by atoms with Crippen LogP contribution in [0.25, 0.3) is 0 Å². The minimum atomic E-state index is 0.816. The van der Waals surface area contributed by atoms with Crippen molar-refractivity contribution in [2.24, 2.45) is 0 Å². The molecule has 0 bridgehead atoms. The maximum Gasteiger partial charge on any atom is 0.142 e. The van der Waals surface area contributed by atoms with E-state index in [0.717, 1.165) is 36.0 Å². The van der Waals surface area contributed by atoms with Gasteiger partial charge in [-0.15, -0.1) is 0 Å². The topological polar surface area (TPSA) is 50.3 Å². The highest BCUT2D eigenvalue weighted by molar-refractivity contribution is 5.67. The van der Waals surface area contributed by atoms with Crippen molar-refractivity contribution in [3.8, 4) is 5.75 Å². The Labute approximate surface area is 119 Å². The Hall–Kier alpha value is -2.30. The molecule has 0 unspecified atom stereocenters. The maximum atomic E-state index is 5.38. The van der Waals surface area contributed by atoms with E-state index in [2.05, 4.69) is 22.2 Å². The molecule has 0 saturated carbocycles. The van der Waals surface area contributed by atoms with Crippen LogP contribution in [-0.4, -0.2) is 30.7 Å². The highest BCUT2D eigenvalue weighted by Crippen LogP contribution is 2.31. The lowest BCUT2D eigenvalue weighted by Crippen LogP contribution is -2.13. The van der Waals surface area contributed by atoms with Crippen LogP contribution in [0.2, 0.25) is 0 Å². The van der Waals surface area contributed by atoms with Gasteiger partial charge in [0.15, 0.2) is 0 Å². The average Bonchev–Trinajstić information content (AvgIpc) is 2.52. The Bertz CT molecular complexity index is 559. The third-order valence-corrected chi connectivity index (χ3v) is 3.00. The minimum Gasteiger partial charge on any atom is -0.495 e. The number of methoxy groups -OCH3 is 1. The first-order valence-electron chi connectivity index (χ1n) is 6.69. The summed E-state index contributed by atoms with van der Waals surface area (Å²) < 4.78 is 5.38. The van der Waals surface area contributed by atoms with Crippen LogP contribution in [-0.2, 0) is 0 Å². The normalized spacial score (nSPS) is 10.2. The van der Waals surface area contributed by atoms with Crippen molar-refractivity contribution < 1.29 is 4.74 Å². The van der Waals surface area contributed by atoms with Gasteiger partial charge in [-0.25, -0.2) is 9.97 Å². The molecule has 1 aromatic carbocycles. The van der Waals surface area contributed by atoms with Crippen molar-refractivity contribution in [3.05, 3.63) is 36.7 Å². The van der Waals surface area contributed by atoms with E-state index in [9.17, 15) is 0 Å². The number of benzene rings is 1. The molecule has 1 N–H and O–H groups in total. The average molecular weight is 272 g/mol. The SMILES string of the molecule is CCCNc1cc(N(C)c2ccccc2OC)ncn1. The number of anilines is 3. The van der Waals surface area contributed by atoms with E-state index in [0.29, 0.717) is 0 Å². The van der Waals surface area contributed by atoms with Crippen molar-refractivity contribution >= 4 is 17.3 Å². The summed E-state index contributed by atoms with van der Waals surface area (Å²) in [5.41, 5.74) is 0.968. The van der Waals surface area contributed by atoms with E-state index >= 15 is 0 Å². The van der Waals surface area contributed by atoms with Crippen LogP contribution >= 0.6 is 0 Å². The van der Waals surface area contributed by atoms with E-state index in [1.807, 2.05) is 42.3 Å². The highest BCUT2D eigenvalue weighted by Gasteiger charge is 2.11. The van der Waals surface area contributed by atoms with Crippen LogP contribution in [0.3, 0.4) is 0 Å². The molecule has 106 valence electrons. The van der Waals surface area contributed by atoms with Gasteiger partial charge in [-0.3, -0.25) is 0 Å². The Morgan fingerprint density at radius 1 is 1.25 bits per heavy atom. The van der Waals surface area contributed by atoms with Crippen molar-refractivity contribution in [2.45, 2.75) is 13.3 Å². The van der Waals surface area contributed by atoms with E-state index in [-0.39, 0.29) is 0 Å². The van der Waals surface area contributed by atoms with Crippen LogP contribution in [0.4, 0.5) is 17.3 Å². The van der Waals surface area contributed by atoms with Gasteiger partial charge in [-0.2, -0.15) is 0 Å². The second-order valence-corrected chi connectivity index (χ2v) is 4.42. The zero-order chi connectivity index (χ0) is 14.4. The van der Waals surface area contributed by atoms with Crippen LogP contribution in [0.15, 0.2) is 36.7 Å². The molecular formula is C15H20N4O. The number of nitrogens with zero attached hydrogens (tertiary/aromatic N) is 3. The number of aromatic nitrogens is 2. The number of nitrogens with one attached hydrogen (secondary N) is 1. The van der Waals surface area contributed by atoms with Gasteiger partial charge >= 0.3 is 0 Å². The number of hydrogen-bond acceptors (Lipinski definition) is 5. The largest absolute Gasteiger partial charge is 0.495 e. The lowest BCUT2D eigenvalue weighted by atomic mass is 10.2. The molecule has 0 radical (unpaired) electrons. The summed E-state index contributed by atoms with van der Waals surface area (Å²) >= 11 is 0. The molecule has 0 saturated heterocycles. The van der Waals surface area contributed by atoms with Gasteiger partial charge in [0.2, 0.25) is 0 Å². The lowest BCUT2D eigenvalue weighted by Gasteiger charge is -2.21. The monoisotopic (exact) mass is 272 g/mol. The van der Waals surface area contributed by atoms with Crippen LogP contribution in [0.5, 0.6) is 5.75 Å². The fourth-order valence-electron chi connectivity index (χ4n) is 1.91. The second kappa shape index (κ2) is 6.75. The first kappa shape index (κ1) is 14.1. The fourth-order valence-corrected chi connectivity index (χ4v) is 1.91. The van der Waals surface area contributed by atoms with Gasteiger partial charge in [-0.05, 0) is 18.6 Å². The molecule has 2 aromatic rings. The van der Waals surface area contributed by atoms with Crippen molar-refractivity contribution in [2.75, 3.05) is 30.9 Å². The number of hydrogen-bond donors (Lipinski definition) is 1. The van der Waals surface area contributed by atoms with Crippen LogP contribution in [0, 0.1) is 0 Å². The summed E-state index contributed by atoms with van der Waals surface area (Å²) in [6, 6.07) is 9.79. The third kappa shape index (κ3) is 3.17. The van der Waals surface area contributed by atoms with Crippen LogP contribution in [0.1, 0.15) is 13.3 Å². The van der Waals surface area contributed by atoms with Gasteiger partial charge in [0.05, 0.1) is 12.8 Å². The second-order valence-electron chi connectivity index (χ2n) is 4.42. The van der Waals surface area contributed by atoms with Crippen molar-refractivity contribution in [1.29, 1.82) is 0 Å². The Morgan fingerprint density at radius 3 is 2.80 bits per heavy atom. The zero-order valence-corrected chi connectivity index (χ0v) is 12.1. The molecule has 5 heteroatoms. The van der Waals surface area contributed by atoms with Crippen molar-refractivity contribution in [1.82, 2.24) is 9.97 Å². The van der Waals surface area contributed by atoms with Gasteiger partial charge in [0.25, 0.3) is 0 Å². The zero-order valence-electron chi connectivity index (χ0n) is 12.1. The van der Waals surface area contributed by atoms with E-state index < -0.39 is 0 Å². The van der Waals surface area contributed by atoms with Crippen molar-refractivity contribution in [3.63, 3.8) is 0 Å². The molecule has 20 heavy (non-hydrogen) atoms. The molecule has 2 rings (SSSR count). The fraction of sp³-hybridized carbons (Fsp3) is 0.333. The van der Waals surface area contributed by atoms with Gasteiger partial charge < -0.3 is 15.0 Å². The standard InChI is InChI=1S/C15H20N4O/c1-4-9-16-14-10-15(18-11-17-14)19(2)12-7-5-6-8-13(12)20-3/h5-8,10-11H,4,9H2,1-3H3,(H,16,17,18). The van der Waals surface area contributed by atoms with Crippen LogP contribution < -0.4 is 15.0 Å². The first-order chi connectivity index (χ1) is 9.76.